The fourth-order valence-electron chi connectivity index (χ4n) is 0.955. The third-order valence-corrected chi connectivity index (χ3v) is 1.50. The Bertz CT molecular complexity index is 308. The average Bonchev–Trinajstić information content (AvgIpc) is 2.06. The number of aliphatic carboxylic acids is 1. The van der Waals surface area contributed by atoms with Gasteiger partial charge in [0.15, 0.2) is 0 Å². The molecule has 0 radical (unpaired) electrons. The third-order valence-electron chi connectivity index (χ3n) is 1.50. The van der Waals surface area contributed by atoms with Gasteiger partial charge in [-0.25, -0.2) is 0 Å². The molecular formula is C9H7F2O3-. The third kappa shape index (κ3) is 3.38. The molecule has 0 aromatic heterocycles. The molecule has 0 aliphatic rings. The fraction of sp³-hybridized carbons (Fsp3) is 0.222. The van der Waals surface area contributed by atoms with Crippen LogP contribution in [0, 0.1) is 0 Å². The van der Waals surface area contributed by atoms with Gasteiger partial charge in [-0.1, -0.05) is 12.1 Å². The Morgan fingerprint density at radius 3 is 2.36 bits per heavy atom. The summed E-state index contributed by atoms with van der Waals surface area (Å²) >= 11 is 0. The number of ether oxygens (including phenoxy) is 1. The highest BCUT2D eigenvalue weighted by Crippen LogP contribution is 2.14. The number of rotatable bonds is 4. The number of carboxylic acids is 1. The van der Waals surface area contributed by atoms with Crippen molar-refractivity contribution in [2.75, 3.05) is 0 Å². The molecular weight excluding hydrogens is 194 g/mol. The number of benzene rings is 1. The summed E-state index contributed by atoms with van der Waals surface area (Å²) < 4.78 is 27.5. The van der Waals surface area contributed by atoms with Gasteiger partial charge in [0.1, 0.15) is 5.75 Å². The second kappa shape index (κ2) is 4.55. The van der Waals surface area contributed by atoms with E-state index < -0.39 is 12.6 Å². The first-order valence-electron chi connectivity index (χ1n) is 3.81. The molecule has 0 saturated carbocycles. The number of hydrogen-bond acceptors (Lipinski definition) is 3. The van der Waals surface area contributed by atoms with Gasteiger partial charge in [0, 0.05) is 12.4 Å². The SMILES string of the molecule is O=C([O-])Cc1ccc(OC(F)F)cc1. The van der Waals surface area contributed by atoms with E-state index in [0.29, 0.717) is 5.56 Å². The Morgan fingerprint density at radius 2 is 1.93 bits per heavy atom. The predicted octanol–water partition coefficient (Wildman–Crippen LogP) is 0.580. The minimum Gasteiger partial charge on any atom is -0.550 e. The maximum Gasteiger partial charge on any atom is 0.387 e. The Kier molecular flexibility index (Phi) is 3.39. The Hall–Kier alpha value is -1.65. The van der Waals surface area contributed by atoms with E-state index in [1.807, 2.05) is 0 Å². The van der Waals surface area contributed by atoms with E-state index in [4.69, 9.17) is 0 Å². The molecule has 0 amide bonds. The molecule has 1 rings (SSSR count). The van der Waals surface area contributed by atoms with E-state index in [1.165, 1.54) is 24.3 Å². The zero-order valence-corrected chi connectivity index (χ0v) is 7.07. The molecule has 0 aliphatic heterocycles. The molecule has 0 fully saturated rings. The van der Waals surface area contributed by atoms with Crippen LogP contribution in [0.25, 0.3) is 0 Å². The van der Waals surface area contributed by atoms with Crippen molar-refractivity contribution in [1.29, 1.82) is 0 Å². The summed E-state index contributed by atoms with van der Waals surface area (Å²) in [5, 5.41) is 10.2. The van der Waals surface area contributed by atoms with E-state index >= 15 is 0 Å². The zero-order valence-electron chi connectivity index (χ0n) is 7.07. The molecule has 5 heteroatoms. The number of alkyl halides is 2. The van der Waals surface area contributed by atoms with Gasteiger partial charge in [-0.05, 0) is 17.7 Å². The lowest BCUT2D eigenvalue weighted by Gasteiger charge is -2.05. The van der Waals surface area contributed by atoms with Gasteiger partial charge >= 0.3 is 6.61 Å². The summed E-state index contributed by atoms with van der Waals surface area (Å²) in [6.45, 7) is -2.87. The highest BCUT2D eigenvalue weighted by Gasteiger charge is 2.03. The molecule has 3 nitrogen and oxygen atoms in total. The van der Waals surface area contributed by atoms with E-state index in [9.17, 15) is 18.7 Å². The van der Waals surface area contributed by atoms with E-state index in [2.05, 4.69) is 4.74 Å². The second-order valence-electron chi connectivity index (χ2n) is 2.57. The molecule has 0 unspecified atom stereocenters. The summed E-state index contributed by atoms with van der Waals surface area (Å²) in [6, 6.07) is 5.36. The predicted molar refractivity (Wildman–Crippen MR) is 41.8 cm³/mol. The van der Waals surface area contributed by atoms with Crippen molar-refractivity contribution < 1.29 is 23.4 Å². The number of carbonyl (C=O) groups excluding carboxylic acids is 1. The first-order valence-corrected chi connectivity index (χ1v) is 3.81. The molecule has 0 aliphatic carbocycles. The normalized spacial score (nSPS) is 10.2. The first kappa shape index (κ1) is 10.4. The van der Waals surface area contributed by atoms with Crippen LogP contribution >= 0.6 is 0 Å². The highest BCUT2D eigenvalue weighted by molar-refractivity contribution is 5.67. The van der Waals surface area contributed by atoms with Gasteiger partial charge < -0.3 is 14.6 Å². The minimum atomic E-state index is -2.87. The summed E-state index contributed by atoms with van der Waals surface area (Å²) in [6.07, 6.45) is -0.241. The van der Waals surface area contributed by atoms with Crippen molar-refractivity contribution in [1.82, 2.24) is 0 Å². The molecule has 14 heavy (non-hydrogen) atoms. The maximum atomic E-state index is 11.7. The van der Waals surface area contributed by atoms with Gasteiger partial charge in [0.2, 0.25) is 0 Å². The van der Waals surface area contributed by atoms with Crippen molar-refractivity contribution >= 4 is 5.97 Å². The van der Waals surface area contributed by atoms with Crippen LogP contribution in [0.2, 0.25) is 0 Å². The molecule has 76 valence electrons. The fourth-order valence-corrected chi connectivity index (χ4v) is 0.955. The quantitative estimate of drug-likeness (QED) is 0.715. The molecule has 0 spiro atoms. The van der Waals surface area contributed by atoms with Crippen LogP contribution in [0.5, 0.6) is 5.75 Å². The monoisotopic (exact) mass is 201 g/mol. The van der Waals surface area contributed by atoms with Gasteiger partial charge in [0.25, 0.3) is 0 Å². The molecule has 0 atom stereocenters. The molecule has 0 heterocycles. The summed E-state index contributed by atoms with van der Waals surface area (Å²) in [7, 11) is 0. The van der Waals surface area contributed by atoms with E-state index in [0.717, 1.165) is 0 Å². The molecule has 0 saturated heterocycles. The Morgan fingerprint density at radius 1 is 1.36 bits per heavy atom. The molecule has 1 aromatic rings. The Labute approximate surface area is 78.9 Å². The lowest BCUT2D eigenvalue weighted by Crippen LogP contribution is -2.24. The largest absolute Gasteiger partial charge is 0.550 e. The second-order valence-corrected chi connectivity index (χ2v) is 2.57. The van der Waals surface area contributed by atoms with Crippen molar-refractivity contribution in [3.8, 4) is 5.75 Å². The van der Waals surface area contributed by atoms with Crippen molar-refractivity contribution in [2.24, 2.45) is 0 Å². The van der Waals surface area contributed by atoms with Gasteiger partial charge in [-0.3, -0.25) is 0 Å². The van der Waals surface area contributed by atoms with Crippen molar-refractivity contribution in [2.45, 2.75) is 13.0 Å². The first-order chi connectivity index (χ1) is 6.58. The lowest BCUT2D eigenvalue weighted by atomic mass is 10.1. The van der Waals surface area contributed by atoms with Crippen LogP contribution in [0.3, 0.4) is 0 Å². The maximum absolute atomic E-state index is 11.7. The lowest BCUT2D eigenvalue weighted by molar-refractivity contribution is -0.304. The van der Waals surface area contributed by atoms with Crippen LogP contribution in [0.15, 0.2) is 24.3 Å². The Balaban J connectivity index is 2.63. The zero-order chi connectivity index (χ0) is 10.6. The molecule has 0 N–H and O–H groups in total. The van der Waals surface area contributed by atoms with Crippen molar-refractivity contribution in [3.05, 3.63) is 29.8 Å². The molecule has 0 bridgehead atoms. The van der Waals surface area contributed by atoms with Gasteiger partial charge in [-0.2, -0.15) is 8.78 Å². The van der Waals surface area contributed by atoms with Crippen LogP contribution in [0.1, 0.15) is 5.56 Å². The standard InChI is InChI=1S/C9H8F2O3/c10-9(11)14-7-3-1-6(2-4-7)5-8(12)13/h1-4,9H,5H2,(H,12,13)/p-1. The summed E-state index contributed by atoms with van der Waals surface area (Å²) in [4.78, 5) is 10.2. The van der Waals surface area contributed by atoms with Crippen LogP contribution in [-0.4, -0.2) is 12.6 Å². The molecule has 1 aromatic carbocycles. The minimum absolute atomic E-state index is 0.00194. The summed E-state index contributed by atoms with van der Waals surface area (Å²) in [5.41, 5.74) is 0.478. The smallest absolute Gasteiger partial charge is 0.387 e. The van der Waals surface area contributed by atoms with Crippen LogP contribution in [-0.2, 0) is 11.2 Å². The van der Waals surface area contributed by atoms with Crippen LogP contribution < -0.4 is 9.84 Å². The number of carboxylic acid groups (broad SMARTS) is 1. The number of carbonyl (C=O) groups is 1. The van der Waals surface area contributed by atoms with Crippen molar-refractivity contribution in [3.63, 3.8) is 0 Å². The summed E-state index contributed by atoms with van der Waals surface area (Å²) in [5.74, 6) is -1.21. The van der Waals surface area contributed by atoms with E-state index in [-0.39, 0.29) is 12.2 Å². The highest BCUT2D eigenvalue weighted by atomic mass is 19.3. The van der Waals surface area contributed by atoms with E-state index in [1.54, 1.807) is 0 Å². The number of halogens is 2. The average molecular weight is 201 g/mol. The van der Waals surface area contributed by atoms with Gasteiger partial charge in [-0.15, -0.1) is 0 Å². The topological polar surface area (TPSA) is 49.4 Å². The number of hydrogen-bond donors (Lipinski definition) is 0. The van der Waals surface area contributed by atoms with Crippen LogP contribution in [0.4, 0.5) is 8.78 Å². The van der Waals surface area contributed by atoms with Gasteiger partial charge in [0.05, 0.1) is 0 Å².